The lowest BCUT2D eigenvalue weighted by Gasteiger charge is -2.36. The zero-order valence-corrected chi connectivity index (χ0v) is 12.4. The van der Waals surface area contributed by atoms with Crippen LogP contribution in [-0.2, 0) is 9.47 Å². The molecule has 0 aliphatic rings. The van der Waals surface area contributed by atoms with Gasteiger partial charge in [-0.1, -0.05) is 6.92 Å². The average Bonchev–Trinajstić information content (AvgIpc) is 2.43. The molecule has 0 N–H and O–H groups in total. The second kappa shape index (κ2) is 7.02. The SMILES string of the molecule is CC[C@H](C)OC(=O)OCC(F)(F)C(F)(F)C(F)(F)C(F)(F)C(F)(F)F. The van der Waals surface area contributed by atoms with E-state index in [2.05, 4.69) is 9.47 Å². The normalized spacial score (nSPS) is 15.7. The van der Waals surface area contributed by atoms with Crippen molar-refractivity contribution in [2.75, 3.05) is 6.61 Å². The van der Waals surface area contributed by atoms with Gasteiger partial charge in [0.25, 0.3) is 0 Å². The van der Waals surface area contributed by atoms with Gasteiger partial charge in [0.1, 0.15) is 6.10 Å². The molecule has 0 aliphatic carbocycles. The zero-order chi connectivity index (χ0) is 20.5. The number of alkyl halides is 11. The highest BCUT2D eigenvalue weighted by atomic mass is 19.4. The van der Waals surface area contributed by atoms with Gasteiger partial charge in [-0.05, 0) is 13.3 Å². The number of hydrogen-bond donors (Lipinski definition) is 0. The van der Waals surface area contributed by atoms with Crippen molar-refractivity contribution in [1.29, 1.82) is 0 Å². The fraction of sp³-hybridized carbons (Fsp3) is 0.909. The summed E-state index contributed by atoms with van der Waals surface area (Å²) in [6, 6.07) is 0. The van der Waals surface area contributed by atoms with E-state index in [-0.39, 0.29) is 6.42 Å². The summed E-state index contributed by atoms with van der Waals surface area (Å²) in [6.07, 6.45) is -10.1. The Bertz CT molecular complexity index is 472. The lowest BCUT2D eigenvalue weighted by molar-refractivity contribution is -0.423. The van der Waals surface area contributed by atoms with Crippen molar-refractivity contribution in [2.24, 2.45) is 0 Å². The van der Waals surface area contributed by atoms with Crippen LogP contribution in [0.15, 0.2) is 0 Å². The van der Waals surface area contributed by atoms with Crippen LogP contribution in [0.5, 0.6) is 0 Å². The number of carbonyl (C=O) groups is 1. The first-order valence-corrected chi connectivity index (χ1v) is 6.26. The molecule has 0 bridgehead atoms. The molecule has 0 aromatic heterocycles. The second-order valence-electron chi connectivity index (χ2n) is 4.80. The van der Waals surface area contributed by atoms with Crippen molar-refractivity contribution in [1.82, 2.24) is 0 Å². The summed E-state index contributed by atoms with van der Waals surface area (Å²) in [7, 11) is 0. The molecule has 14 heteroatoms. The predicted molar refractivity (Wildman–Crippen MR) is 58.0 cm³/mol. The number of carbonyl (C=O) groups excluding carboxylic acids is 1. The van der Waals surface area contributed by atoms with Crippen molar-refractivity contribution >= 4 is 6.16 Å². The topological polar surface area (TPSA) is 35.5 Å². The molecule has 0 aromatic rings. The van der Waals surface area contributed by atoms with E-state index < -0.39 is 48.7 Å². The lowest BCUT2D eigenvalue weighted by Crippen LogP contribution is -2.67. The summed E-state index contributed by atoms with van der Waals surface area (Å²) >= 11 is 0. The molecule has 0 radical (unpaired) electrons. The Morgan fingerprint density at radius 1 is 0.840 bits per heavy atom. The van der Waals surface area contributed by atoms with Crippen molar-refractivity contribution in [2.45, 2.75) is 56.2 Å². The fourth-order valence-corrected chi connectivity index (χ4v) is 1.13. The Kier molecular flexibility index (Phi) is 6.60. The van der Waals surface area contributed by atoms with E-state index >= 15 is 0 Å². The summed E-state index contributed by atoms with van der Waals surface area (Å²) in [5.41, 5.74) is 0. The number of halogens is 11. The standard InChI is InChI=1S/C11H11F11O3/c1-3-5(2)25-6(23)24-4-7(12,13)8(14,15)9(16,17)10(18,19)11(20,21)22/h5H,3-4H2,1-2H3/t5-/m0/s1. The largest absolute Gasteiger partial charge is 0.508 e. The number of ether oxygens (including phenoxy) is 2. The van der Waals surface area contributed by atoms with Gasteiger partial charge in [-0.15, -0.1) is 0 Å². The van der Waals surface area contributed by atoms with E-state index in [1.54, 1.807) is 0 Å². The first-order valence-electron chi connectivity index (χ1n) is 6.26. The van der Waals surface area contributed by atoms with Crippen LogP contribution in [0, 0.1) is 0 Å². The first-order chi connectivity index (χ1) is 10.8. The zero-order valence-electron chi connectivity index (χ0n) is 12.4. The molecule has 0 amide bonds. The third-order valence-corrected chi connectivity index (χ3v) is 2.85. The van der Waals surface area contributed by atoms with Crippen LogP contribution in [0.25, 0.3) is 0 Å². The molecule has 0 rings (SSSR count). The molecule has 0 unspecified atom stereocenters. The molecule has 0 fully saturated rings. The van der Waals surface area contributed by atoms with Gasteiger partial charge in [0.2, 0.25) is 0 Å². The summed E-state index contributed by atoms with van der Waals surface area (Å²) in [5.74, 6) is -28.5. The smallest absolute Gasteiger partial charge is 0.431 e. The van der Waals surface area contributed by atoms with Crippen LogP contribution < -0.4 is 0 Å². The van der Waals surface area contributed by atoms with Crippen molar-refractivity contribution in [3.63, 3.8) is 0 Å². The van der Waals surface area contributed by atoms with Crippen LogP contribution in [0.4, 0.5) is 53.1 Å². The van der Waals surface area contributed by atoms with E-state index in [1.807, 2.05) is 0 Å². The predicted octanol–water partition coefficient (Wildman–Crippen LogP) is 5.04. The first kappa shape index (κ1) is 23.5. The highest BCUT2D eigenvalue weighted by molar-refractivity contribution is 5.60. The molecule has 0 saturated carbocycles. The maximum atomic E-state index is 13.1. The van der Waals surface area contributed by atoms with E-state index in [0.29, 0.717) is 0 Å². The van der Waals surface area contributed by atoms with Crippen LogP contribution in [0.2, 0.25) is 0 Å². The Labute approximate surface area is 133 Å². The summed E-state index contributed by atoms with van der Waals surface area (Å²) in [6.45, 7) is -0.286. The molecule has 1 atom stereocenters. The van der Waals surface area contributed by atoms with E-state index in [0.717, 1.165) is 0 Å². The van der Waals surface area contributed by atoms with E-state index in [9.17, 15) is 53.1 Å². The second-order valence-corrected chi connectivity index (χ2v) is 4.80. The minimum absolute atomic E-state index is 0.109. The van der Waals surface area contributed by atoms with E-state index in [1.165, 1.54) is 13.8 Å². The molecule has 0 spiro atoms. The molecule has 3 nitrogen and oxygen atoms in total. The van der Waals surface area contributed by atoms with Crippen molar-refractivity contribution in [3.05, 3.63) is 0 Å². The Hall–Kier alpha value is -1.50. The average molecular weight is 400 g/mol. The Morgan fingerprint density at radius 2 is 1.28 bits per heavy atom. The number of hydrogen-bond acceptors (Lipinski definition) is 3. The third-order valence-electron chi connectivity index (χ3n) is 2.85. The monoisotopic (exact) mass is 400 g/mol. The Morgan fingerprint density at radius 3 is 1.64 bits per heavy atom. The molecule has 0 heterocycles. The van der Waals surface area contributed by atoms with Gasteiger partial charge in [0.15, 0.2) is 6.61 Å². The van der Waals surface area contributed by atoms with Gasteiger partial charge in [-0.2, -0.15) is 48.3 Å². The van der Waals surface area contributed by atoms with Gasteiger partial charge < -0.3 is 9.47 Å². The number of rotatable bonds is 7. The lowest BCUT2D eigenvalue weighted by atomic mass is 9.98. The molecule has 150 valence electrons. The fourth-order valence-electron chi connectivity index (χ4n) is 1.13. The van der Waals surface area contributed by atoms with Gasteiger partial charge in [0, 0.05) is 0 Å². The summed E-state index contributed by atoms with van der Waals surface area (Å²) < 4.78 is 146. The maximum absolute atomic E-state index is 13.1. The minimum Gasteiger partial charge on any atom is -0.431 e. The van der Waals surface area contributed by atoms with Crippen LogP contribution in [0.1, 0.15) is 20.3 Å². The molecular formula is C11H11F11O3. The van der Waals surface area contributed by atoms with Gasteiger partial charge >= 0.3 is 36.0 Å². The van der Waals surface area contributed by atoms with Crippen LogP contribution >= 0.6 is 0 Å². The molecule has 0 saturated heterocycles. The molecule has 0 aromatic carbocycles. The molecule has 0 aliphatic heterocycles. The van der Waals surface area contributed by atoms with Crippen LogP contribution in [-0.4, -0.2) is 48.7 Å². The van der Waals surface area contributed by atoms with Crippen molar-refractivity contribution in [3.8, 4) is 0 Å². The molecular weight excluding hydrogens is 389 g/mol. The van der Waals surface area contributed by atoms with Crippen molar-refractivity contribution < 1.29 is 62.6 Å². The quantitative estimate of drug-likeness (QED) is 0.444. The minimum atomic E-state index is -7.54. The van der Waals surface area contributed by atoms with Gasteiger partial charge in [-0.25, -0.2) is 4.79 Å². The summed E-state index contributed by atoms with van der Waals surface area (Å²) in [5, 5.41) is 0. The van der Waals surface area contributed by atoms with Gasteiger partial charge in [-0.3, -0.25) is 0 Å². The van der Waals surface area contributed by atoms with E-state index in [4.69, 9.17) is 0 Å². The summed E-state index contributed by atoms with van der Waals surface area (Å²) in [4.78, 5) is 10.9. The third kappa shape index (κ3) is 4.37. The highest BCUT2D eigenvalue weighted by Gasteiger charge is 2.87. The van der Waals surface area contributed by atoms with Crippen LogP contribution in [0.3, 0.4) is 0 Å². The maximum Gasteiger partial charge on any atom is 0.508 e. The van der Waals surface area contributed by atoms with Gasteiger partial charge in [0.05, 0.1) is 0 Å². The highest BCUT2D eigenvalue weighted by Crippen LogP contribution is 2.57. The molecule has 25 heavy (non-hydrogen) atoms. The Balaban J connectivity index is 5.43.